The number of hydrogen-bond acceptors (Lipinski definition) is 5. The molecule has 0 aliphatic rings. The van der Waals surface area contributed by atoms with E-state index in [-0.39, 0.29) is 21.0 Å². The second-order valence-corrected chi connectivity index (χ2v) is 11.7. The molecule has 1 amide bonds. The van der Waals surface area contributed by atoms with Crippen molar-refractivity contribution in [2.24, 2.45) is 0 Å². The summed E-state index contributed by atoms with van der Waals surface area (Å²) in [5.41, 5.74) is 1.47. The Morgan fingerprint density at radius 2 is 1.19 bits per heavy atom. The standard InChI is InChI=1S/C26H22ClN3O5S2/c1-18-23(27)11-7-13-24(18)29-37(34,35)21-16-14-19(15-17-21)28-26(31)22-10-5-6-12-25(22)30-36(32,33)20-8-3-2-4-9-20/h2-17,29-30H,1H3,(H,28,31). The van der Waals surface area contributed by atoms with Gasteiger partial charge in [0, 0.05) is 10.7 Å². The number of hydrogen-bond donors (Lipinski definition) is 3. The van der Waals surface area contributed by atoms with Crippen LogP contribution in [0.2, 0.25) is 5.02 Å². The molecule has 4 aromatic rings. The predicted molar refractivity (Wildman–Crippen MR) is 145 cm³/mol. The van der Waals surface area contributed by atoms with E-state index < -0.39 is 26.0 Å². The number of benzene rings is 4. The zero-order valence-corrected chi connectivity index (χ0v) is 21.9. The molecule has 11 heteroatoms. The molecule has 3 N–H and O–H groups in total. The van der Waals surface area contributed by atoms with E-state index >= 15 is 0 Å². The average molecular weight is 556 g/mol. The Morgan fingerprint density at radius 1 is 0.649 bits per heavy atom. The molecule has 0 unspecified atom stereocenters. The first-order valence-corrected chi connectivity index (χ1v) is 14.3. The van der Waals surface area contributed by atoms with E-state index in [4.69, 9.17) is 11.6 Å². The lowest BCUT2D eigenvalue weighted by molar-refractivity contribution is 0.102. The minimum Gasteiger partial charge on any atom is -0.322 e. The van der Waals surface area contributed by atoms with Crippen LogP contribution in [0.15, 0.2) is 107 Å². The minimum absolute atomic E-state index is 0.0131. The van der Waals surface area contributed by atoms with Crippen molar-refractivity contribution in [3.63, 3.8) is 0 Å². The molecule has 0 fully saturated rings. The highest BCUT2D eigenvalue weighted by molar-refractivity contribution is 7.93. The number of anilines is 3. The Kier molecular flexibility index (Phi) is 7.53. The fraction of sp³-hybridized carbons (Fsp3) is 0.0385. The van der Waals surface area contributed by atoms with Gasteiger partial charge in [-0.2, -0.15) is 0 Å². The molecule has 0 atom stereocenters. The molecule has 0 radical (unpaired) electrons. The van der Waals surface area contributed by atoms with Crippen molar-refractivity contribution < 1.29 is 21.6 Å². The molecular weight excluding hydrogens is 534 g/mol. The van der Waals surface area contributed by atoms with Crippen LogP contribution in [0.25, 0.3) is 0 Å². The molecule has 0 saturated carbocycles. The Morgan fingerprint density at radius 3 is 1.86 bits per heavy atom. The van der Waals surface area contributed by atoms with Gasteiger partial charge in [0.05, 0.1) is 26.7 Å². The number of nitrogens with one attached hydrogen (secondary N) is 3. The van der Waals surface area contributed by atoms with Crippen LogP contribution < -0.4 is 14.8 Å². The van der Waals surface area contributed by atoms with Gasteiger partial charge in [-0.05, 0) is 73.2 Å². The van der Waals surface area contributed by atoms with Gasteiger partial charge < -0.3 is 5.32 Å². The van der Waals surface area contributed by atoms with E-state index in [0.29, 0.717) is 22.0 Å². The van der Waals surface area contributed by atoms with Gasteiger partial charge in [-0.3, -0.25) is 14.2 Å². The largest absolute Gasteiger partial charge is 0.322 e. The maximum atomic E-state index is 13.0. The summed E-state index contributed by atoms with van der Waals surface area (Å²) in [6.45, 7) is 1.70. The Bertz CT molecular complexity index is 1660. The molecule has 0 heterocycles. The number of para-hydroxylation sites is 1. The summed E-state index contributed by atoms with van der Waals surface area (Å²) in [6, 6.07) is 24.5. The number of carbonyl (C=O) groups is 1. The van der Waals surface area contributed by atoms with Gasteiger partial charge in [-0.25, -0.2) is 16.8 Å². The van der Waals surface area contributed by atoms with Crippen LogP contribution in [-0.4, -0.2) is 22.7 Å². The molecule has 0 bridgehead atoms. The van der Waals surface area contributed by atoms with Gasteiger partial charge >= 0.3 is 0 Å². The van der Waals surface area contributed by atoms with Gasteiger partial charge in [-0.15, -0.1) is 0 Å². The maximum absolute atomic E-state index is 13.0. The smallest absolute Gasteiger partial charge is 0.261 e. The van der Waals surface area contributed by atoms with E-state index in [0.717, 1.165) is 0 Å². The number of amides is 1. The van der Waals surface area contributed by atoms with E-state index in [1.165, 1.54) is 48.5 Å². The molecule has 4 aromatic carbocycles. The van der Waals surface area contributed by atoms with E-state index in [1.807, 2.05) is 0 Å². The van der Waals surface area contributed by atoms with Crippen LogP contribution in [0.1, 0.15) is 15.9 Å². The molecule has 4 rings (SSSR count). The van der Waals surface area contributed by atoms with Crippen LogP contribution in [0, 0.1) is 6.92 Å². The highest BCUT2D eigenvalue weighted by atomic mass is 35.5. The van der Waals surface area contributed by atoms with Crippen molar-refractivity contribution >= 4 is 54.6 Å². The number of carbonyl (C=O) groups excluding carboxylic acids is 1. The minimum atomic E-state index is -3.91. The van der Waals surface area contributed by atoms with Crippen LogP contribution >= 0.6 is 11.6 Å². The lowest BCUT2D eigenvalue weighted by Crippen LogP contribution is -2.18. The normalized spacial score (nSPS) is 11.5. The van der Waals surface area contributed by atoms with Crippen molar-refractivity contribution in [1.29, 1.82) is 0 Å². The lowest BCUT2D eigenvalue weighted by atomic mass is 10.1. The van der Waals surface area contributed by atoms with Gasteiger partial charge in [0.1, 0.15) is 0 Å². The second-order valence-electron chi connectivity index (χ2n) is 7.96. The maximum Gasteiger partial charge on any atom is 0.261 e. The quantitative estimate of drug-likeness (QED) is 0.265. The van der Waals surface area contributed by atoms with Gasteiger partial charge in [0.2, 0.25) is 0 Å². The third kappa shape index (κ3) is 6.11. The van der Waals surface area contributed by atoms with Crippen molar-refractivity contribution in [2.45, 2.75) is 16.7 Å². The van der Waals surface area contributed by atoms with E-state index in [9.17, 15) is 21.6 Å². The first-order valence-electron chi connectivity index (χ1n) is 10.9. The van der Waals surface area contributed by atoms with Crippen LogP contribution in [0.4, 0.5) is 17.1 Å². The summed E-state index contributed by atoms with van der Waals surface area (Å²) in [5.74, 6) is -0.574. The fourth-order valence-corrected chi connectivity index (χ4v) is 5.81. The van der Waals surface area contributed by atoms with Crippen molar-refractivity contribution in [3.8, 4) is 0 Å². The molecule has 0 aliphatic heterocycles. The van der Waals surface area contributed by atoms with Crippen LogP contribution in [0.3, 0.4) is 0 Å². The van der Waals surface area contributed by atoms with Gasteiger partial charge in [0.15, 0.2) is 0 Å². The zero-order valence-electron chi connectivity index (χ0n) is 19.5. The zero-order chi connectivity index (χ0) is 26.6. The highest BCUT2D eigenvalue weighted by Crippen LogP contribution is 2.26. The number of sulfonamides is 2. The fourth-order valence-electron chi connectivity index (χ4n) is 3.41. The molecule has 0 aromatic heterocycles. The van der Waals surface area contributed by atoms with E-state index in [2.05, 4.69) is 14.8 Å². The molecular formula is C26H22ClN3O5S2. The predicted octanol–water partition coefficient (Wildman–Crippen LogP) is 5.50. The summed E-state index contributed by atoms with van der Waals surface area (Å²) in [5, 5.41) is 3.10. The van der Waals surface area contributed by atoms with Gasteiger partial charge in [-0.1, -0.05) is 48.0 Å². The van der Waals surface area contributed by atoms with Crippen molar-refractivity contribution in [2.75, 3.05) is 14.8 Å². The summed E-state index contributed by atoms with van der Waals surface area (Å²) in [4.78, 5) is 13.0. The summed E-state index contributed by atoms with van der Waals surface area (Å²) < 4.78 is 56.0. The Labute approximate surface area is 220 Å². The van der Waals surface area contributed by atoms with E-state index in [1.54, 1.807) is 55.5 Å². The Hall–Kier alpha value is -3.86. The summed E-state index contributed by atoms with van der Waals surface area (Å²) in [6.07, 6.45) is 0. The Balaban J connectivity index is 1.51. The summed E-state index contributed by atoms with van der Waals surface area (Å²) >= 11 is 6.07. The number of halogens is 1. The first kappa shape index (κ1) is 26.2. The monoisotopic (exact) mass is 555 g/mol. The van der Waals surface area contributed by atoms with Crippen LogP contribution in [-0.2, 0) is 20.0 Å². The highest BCUT2D eigenvalue weighted by Gasteiger charge is 2.19. The first-order chi connectivity index (χ1) is 17.6. The topological polar surface area (TPSA) is 121 Å². The second kappa shape index (κ2) is 10.6. The lowest BCUT2D eigenvalue weighted by Gasteiger charge is -2.14. The molecule has 0 aliphatic carbocycles. The van der Waals surface area contributed by atoms with Crippen molar-refractivity contribution in [3.05, 3.63) is 113 Å². The summed E-state index contributed by atoms with van der Waals surface area (Å²) in [7, 11) is -7.81. The molecule has 8 nitrogen and oxygen atoms in total. The molecule has 37 heavy (non-hydrogen) atoms. The average Bonchev–Trinajstić information content (AvgIpc) is 2.87. The third-order valence-corrected chi connectivity index (χ3v) is 8.58. The number of rotatable bonds is 8. The molecule has 0 spiro atoms. The van der Waals surface area contributed by atoms with Crippen molar-refractivity contribution in [1.82, 2.24) is 0 Å². The van der Waals surface area contributed by atoms with Gasteiger partial charge in [0.25, 0.3) is 26.0 Å². The molecule has 190 valence electrons. The molecule has 0 saturated heterocycles. The van der Waals surface area contributed by atoms with Crippen LogP contribution in [0.5, 0.6) is 0 Å². The third-order valence-electron chi connectivity index (χ3n) is 5.40. The SMILES string of the molecule is Cc1c(Cl)cccc1NS(=O)(=O)c1ccc(NC(=O)c2ccccc2NS(=O)(=O)c2ccccc2)cc1.